The molecule has 0 saturated heterocycles. The summed E-state index contributed by atoms with van der Waals surface area (Å²) in [6, 6.07) is 7.51. The summed E-state index contributed by atoms with van der Waals surface area (Å²) in [4.78, 5) is 8.25. The average Bonchev–Trinajstić information content (AvgIpc) is 2.70. The minimum atomic E-state index is 0.733. The third-order valence-electron chi connectivity index (χ3n) is 1.61. The van der Waals surface area contributed by atoms with Gasteiger partial charge in [-0.05, 0) is 17.7 Å². The molecule has 70 valence electrons. The van der Waals surface area contributed by atoms with Crippen LogP contribution in [0.3, 0.4) is 0 Å². The molecule has 0 aliphatic rings. The number of nitrogens with zero attached hydrogens (tertiary/aromatic N) is 2. The normalized spacial score (nSPS) is 10.9. The van der Waals surface area contributed by atoms with Crippen molar-refractivity contribution in [1.82, 2.24) is 4.98 Å². The fourth-order valence-corrected chi connectivity index (χ4v) is 1.56. The molecule has 2 aromatic rings. The van der Waals surface area contributed by atoms with Gasteiger partial charge in [-0.2, -0.15) is 0 Å². The van der Waals surface area contributed by atoms with Crippen LogP contribution < -0.4 is 0 Å². The molecule has 14 heavy (non-hydrogen) atoms. The number of halogens is 1. The number of rotatable bonds is 2. The van der Waals surface area contributed by atoms with E-state index in [1.165, 1.54) is 11.3 Å². The summed E-state index contributed by atoms with van der Waals surface area (Å²) in [6.45, 7) is 0. The van der Waals surface area contributed by atoms with Crippen molar-refractivity contribution in [3.05, 3.63) is 46.4 Å². The number of thiazole rings is 1. The van der Waals surface area contributed by atoms with Crippen LogP contribution in [0.25, 0.3) is 0 Å². The van der Waals surface area contributed by atoms with E-state index in [0.29, 0.717) is 0 Å². The van der Waals surface area contributed by atoms with E-state index in [-0.39, 0.29) is 0 Å². The molecule has 1 aromatic heterocycles. The number of hydrogen-bond acceptors (Lipinski definition) is 3. The van der Waals surface area contributed by atoms with Crippen LogP contribution in [-0.4, -0.2) is 11.2 Å². The minimum absolute atomic E-state index is 0.733. The summed E-state index contributed by atoms with van der Waals surface area (Å²) in [5.41, 5.74) is 1.02. The van der Waals surface area contributed by atoms with Gasteiger partial charge >= 0.3 is 0 Å². The monoisotopic (exact) mass is 222 g/mol. The van der Waals surface area contributed by atoms with Crippen LogP contribution in [0.4, 0.5) is 5.13 Å². The van der Waals surface area contributed by atoms with E-state index in [1.807, 2.05) is 29.6 Å². The van der Waals surface area contributed by atoms with Crippen LogP contribution in [0.1, 0.15) is 5.56 Å². The van der Waals surface area contributed by atoms with Gasteiger partial charge in [-0.25, -0.2) is 9.98 Å². The Morgan fingerprint density at radius 2 is 2.07 bits per heavy atom. The summed E-state index contributed by atoms with van der Waals surface area (Å²) >= 11 is 7.27. The van der Waals surface area contributed by atoms with Gasteiger partial charge in [-0.15, -0.1) is 11.3 Å². The Morgan fingerprint density at radius 3 is 2.71 bits per heavy atom. The lowest BCUT2D eigenvalue weighted by Crippen LogP contribution is -1.78. The van der Waals surface area contributed by atoms with Crippen LogP contribution in [0.2, 0.25) is 5.02 Å². The molecule has 1 aromatic carbocycles. The van der Waals surface area contributed by atoms with E-state index >= 15 is 0 Å². The standard InChI is InChI=1S/C10H7ClN2S/c11-9-3-1-8(2-4-9)7-13-10-12-5-6-14-10/h1-7H/b13-7+. The fourth-order valence-electron chi connectivity index (χ4n) is 0.958. The Kier molecular flexibility index (Phi) is 2.91. The van der Waals surface area contributed by atoms with Gasteiger partial charge in [0.05, 0.1) is 0 Å². The van der Waals surface area contributed by atoms with Crippen molar-refractivity contribution in [1.29, 1.82) is 0 Å². The van der Waals surface area contributed by atoms with Crippen molar-refractivity contribution < 1.29 is 0 Å². The molecular weight excluding hydrogens is 216 g/mol. The smallest absolute Gasteiger partial charge is 0.208 e. The predicted octanol–water partition coefficient (Wildman–Crippen LogP) is 3.55. The van der Waals surface area contributed by atoms with Gasteiger partial charge in [0, 0.05) is 22.8 Å². The van der Waals surface area contributed by atoms with E-state index in [2.05, 4.69) is 9.98 Å². The van der Waals surface area contributed by atoms with Crippen molar-refractivity contribution in [3.63, 3.8) is 0 Å². The minimum Gasteiger partial charge on any atom is -0.227 e. The first-order valence-corrected chi connectivity index (χ1v) is 5.29. The molecule has 0 radical (unpaired) electrons. The van der Waals surface area contributed by atoms with Gasteiger partial charge in [0.15, 0.2) is 0 Å². The number of hydrogen-bond donors (Lipinski definition) is 0. The second kappa shape index (κ2) is 4.35. The molecule has 0 atom stereocenters. The molecule has 0 N–H and O–H groups in total. The second-order valence-corrected chi connectivity index (χ2v) is 3.93. The topological polar surface area (TPSA) is 25.2 Å². The molecule has 0 spiro atoms. The lowest BCUT2D eigenvalue weighted by atomic mass is 10.2. The Morgan fingerprint density at radius 1 is 1.29 bits per heavy atom. The molecule has 0 aliphatic carbocycles. The highest BCUT2D eigenvalue weighted by atomic mass is 35.5. The Balaban J connectivity index is 2.15. The maximum atomic E-state index is 5.76. The van der Waals surface area contributed by atoms with Gasteiger partial charge in [0.2, 0.25) is 5.13 Å². The number of benzene rings is 1. The van der Waals surface area contributed by atoms with E-state index in [9.17, 15) is 0 Å². The Hall–Kier alpha value is -1.19. The van der Waals surface area contributed by atoms with Gasteiger partial charge in [-0.1, -0.05) is 23.7 Å². The highest BCUT2D eigenvalue weighted by Gasteiger charge is 1.90. The maximum absolute atomic E-state index is 5.76. The first kappa shape index (κ1) is 9.37. The maximum Gasteiger partial charge on any atom is 0.208 e. The first-order valence-electron chi connectivity index (χ1n) is 4.04. The summed E-state index contributed by atoms with van der Waals surface area (Å²) in [5.74, 6) is 0. The molecule has 2 nitrogen and oxygen atoms in total. The van der Waals surface area contributed by atoms with Gasteiger partial charge < -0.3 is 0 Å². The summed E-state index contributed by atoms with van der Waals surface area (Å²) in [7, 11) is 0. The summed E-state index contributed by atoms with van der Waals surface area (Å²) < 4.78 is 0. The highest BCUT2D eigenvalue weighted by molar-refractivity contribution is 7.13. The molecule has 0 unspecified atom stereocenters. The summed E-state index contributed by atoms with van der Waals surface area (Å²) in [5, 5.41) is 3.39. The van der Waals surface area contributed by atoms with E-state index < -0.39 is 0 Å². The van der Waals surface area contributed by atoms with Crippen LogP contribution in [0.15, 0.2) is 40.8 Å². The zero-order valence-electron chi connectivity index (χ0n) is 7.22. The van der Waals surface area contributed by atoms with Gasteiger partial charge in [-0.3, -0.25) is 0 Å². The number of aromatic nitrogens is 1. The zero-order chi connectivity index (χ0) is 9.80. The lowest BCUT2D eigenvalue weighted by Gasteiger charge is -1.91. The van der Waals surface area contributed by atoms with Crippen molar-refractivity contribution in [3.8, 4) is 0 Å². The van der Waals surface area contributed by atoms with E-state index in [1.54, 1.807) is 12.4 Å². The SMILES string of the molecule is Clc1ccc(/C=N/c2nccs2)cc1. The Bertz CT molecular complexity index is 420. The third kappa shape index (κ3) is 2.40. The number of aliphatic imine (C=N–C) groups is 1. The zero-order valence-corrected chi connectivity index (χ0v) is 8.79. The van der Waals surface area contributed by atoms with E-state index in [4.69, 9.17) is 11.6 Å². The van der Waals surface area contributed by atoms with Crippen LogP contribution in [0, 0.1) is 0 Å². The highest BCUT2D eigenvalue weighted by Crippen LogP contribution is 2.14. The quantitative estimate of drug-likeness (QED) is 0.714. The van der Waals surface area contributed by atoms with Crippen molar-refractivity contribution in [2.75, 3.05) is 0 Å². The first-order chi connectivity index (χ1) is 6.84. The largest absolute Gasteiger partial charge is 0.227 e. The molecule has 1 heterocycles. The second-order valence-electron chi connectivity index (χ2n) is 2.62. The van der Waals surface area contributed by atoms with Crippen LogP contribution in [-0.2, 0) is 0 Å². The molecule has 0 amide bonds. The fraction of sp³-hybridized carbons (Fsp3) is 0. The molecule has 0 fully saturated rings. The molecule has 2 rings (SSSR count). The Labute approximate surface area is 90.9 Å². The van der Waals surface area contributed by atoms with Crippen molar-refractivity contribution in [2.45, 2.75) is 0 Å². The summed E-state index contributed by atoms with van der Waals surface area (Å²) in [6.07, 6.45) is 3.51. The third-order valence-corrected chi connectivity index (χ3v) is 2.54. The van der Waals surface area contributed by atoms with Gasteiger partial charge in [0.25, 0.3) is 0 Å². The molecule has 0 bridgehead atoms. The lowest BCUT2D eigenvalue weighted by molar-refractivity contribution is 1.36. The average molecular weight is 223 g/mol. The molecule has 0 saturated carbocycles. The van der Waals surface area contributed by atoms with E-state index in [0.717, 1.165) is 15.7 Å². The van der Waals surface area contributed by atoms with Gasteiger partial charge in [0.1, 0.15) is 0 Å². The predicted molar refractivity (Wildman–Crippen MR) is 60.8 cm³/mol. The van der Waals surface area contributed by atoms with Crippen LogP contribution >= 0.6 is 22.9 Å². The molecule has 0 aliphatic heterocycles. The van der Waals surface area contributed by atoms with Crippen LogP contribution in [0.5, 0.6) is 0 Å². The molecular formula is C10H7ClN2S. The van der Waals surface area contributed by atoms with Crippen molar-refractivity contribution >= 4 is 34.3 Å². The molecule has 4 heteroatoms. The van der Waals surface area contributed by atoms with Crippen molar-refractivity contribution in [2.24, 2.45) is 4.99 Å².